The van der Waals surface area contributed by atoms with Crippen LogP contribution < -0.4 is 5.32 Å². The SMILES string of the molecule is C=CCCCCCN(C)C(=O)C1(COC)CCNCC1. The van der Waals surface area contributed by atoms with Crippen LogP contribution >= 0.6 is 0 Å². The largest absolute Gasteiger partial charge is 0.384 e. The zero-order valence-corrected chi connectivity index (χ0v) is 13.1. The van der Waals surface area contributed by atoms with E-state index in [-0.39, 0.29) is 11.3 Å². The standard InChI is InChI=1S/C16H30N2O2/c1-4-5-6-7-8-13-18(2)15(19)16(14-20-3)9-11-17-12-10-16/h4,17H,1,5-14H2,2-3H3. The van der Waals surface area contributed by atoms with E-state index < -0.39 is 0 Å². The van der Waals surface area contributed by atoms with Crippen molar-refractivity contribution in [2.45, 2.75) is 38.5 Å². The third kappa shape index (κ3) is 4.91. The number of piperidine rings is 1. The number of carbonyl (C=O) groups is 1. The molecule has 0 atom stereocenters. The highest BCUT2D eigenvalue weighted by molar-refractivity contribution is 5.82. The number of allylic oxidation sites excluding steroid dienone is 1. The van der Waals surface area contributed by atoms with Crippen molar-refractivity contribution in [1.82, 2.24) is 10.2 Å². The topological polar surface area (TPSA) is 41.6 Å². The van der Waals surface area contributed by atoms with Gasteiger partial charge in [0.1, 0.15) is 0 Å². The summed E-state index contributed by atoms with van der Waals surface area (Å²) in [6.45, 7) is 6.92. The summed E-state index contributed by atoms with van der Waals surface area (Å²) in [5, 5.41) is 3.32. The van der Waals surface area contributed by atoms with Gasteiger partial charge in [-0.1, -0.05) is 12.5 Å². The molecule has 20 heavy (non-hydrogen) atoms. The molecule has 4 heteroatoms. The maximum Gasteiger partial charge on any atom is 0.230 e. The van der Waals surface area contributed by atoms with Gasteiger partial charge in [-0.2, -0.15) is 0 Å². The van der Waals surface area contributed by atoms with Crippen LogP contribution in [0.2, 0.25) is 0 Å². The molecular formula is C16H30N2O2. The first-order chi connectivity index (χ1) is 9.66. The van der Waals surface area contributed by atoms with Gasteiger partial charge >= 0.3 is 0 Å². The first-order valence-corrected chi connectivity index (χ1v) is 7.72. The van der Waals surface area contributed by atoms with Gasteiger partial charge in [-0.25, -0.2) is 0 Å². The summed E-state index contributed by atoms with van der Waals surface area (Å²) < 4.78 is 5.33. The summed E-state index contributed by atoms with van der Waals surface area (Å²) in [5.41, 5.74) is -0.310. The van der Waals surface area contributed by atoms with Gasteiger partial charge in [0.25, 0.3) is 0 Å². The molecule has 0 spiro atoms. The van der Waals surface area contributed by atoms with Crippen molar-refractivity contribution in [1.29, 1.82) is 0 Å². The van der Waals surface area contributed by atoms with E-state index in [0.29, 0.717) is 6.61 Å². The molecule has 1 aliphatic rings. The Hall–Kier alpha value is -0.870. The van der Waals surface area contributed by atoms with E-state index >= 15 is 0 Å². The number of ether oxygens (including phenoxy) is 1. The Labute approximate surface area is 123 Å². The van der Waals surface area contributed by atoms with E-state index in [2.05, 4.69) is 11.9 Å². The molecule has 1 N–H and O–H groups in total. The minimum atomic E-state index is -0.310. The van der Waals surface area contributed by atoms with E-state index in [4.69, 9.17) is 4.74 Å². The molecule has 0 saturated carbocycles. The lowest BCUT2D eigenvalue weighted by Gasteiger charge is -2.38. The highest BCUT2D eigenvalue weighted by atomic mass is 16.5. The zero-order valence-electron chi connectivity index (χ0n) is 13.1. The lowest BCUT2D eigenvalue weighted by molar-refractivity contribution is -0.146. The lowest BCUT2D eigenvalue weighted by atomic mass is 9.78. The molecule has 4 nitrogen and oxygen atoms in total. The first kappa shape index (κ1) is 17.2. The Morgan fingerprint density at radius 2 is 2.05 bits per heavy atom. The third-order valence-electron chi connectivity index (χ3n) is 4.18. The molecular weight excluding hydrogens is 252 g/mol. The van der Waals surface area contributed by atoms with Crippen LogP contribution in [0.15, 0.2) is 12.7 Å². The molecule has 1 heterocycles. The highest BCUT2D eigenvalue weighted by Gasteiger charge is 2.41. The van der Waals surface area contributed by atoms with E-state index in [0.717, 1.165) is 51.7 Å². The fourth-order valence-corrected chi connectivity index (χ4v) is 2.92. The second-order valence-corrected chi connectivity index (χ2v) is 5.83. The van der Waals surface area contributed by atoms with Crippen molar-refractivity contribution < 1.29 is 9.53 Å². The molecule has 0 bridgehead atoms. The van der Waals surface area contributed by atoms with E-state index in [9.17, 15) is 4.79 Å². The predicted octanol–water partition coefficient (Wildman–Crippen LogP) is 2.21. The number of nitrogens with one attached hydrogen (secondary N) is 1. The smallest absolute Gasteiger partial charge is 0.230 e. The van der Waals surface area contributed by atoms with E-state index in [1.165, 1.54) is 6.42 Å². The van der Waals surface area contributed by atoms with Crippen molar-refractivity contribution in [3.63, 3.8) is 0 Å². The molecule has 0 aromatic heterocycles. The maximum atomic E-state index is 12.7. The number of carbonyl (C=O) groups excluding carboxylic acids is 1. The molecule has 0 aromatic rings. The number of amides is 1. The number of hydrogen-bond acceptors (Lipinski definition) is 3. The summed E-state index contributed by atoms with van der Waals surface area (Å²) in [6, 6.07) is 0. The van der Waals surface area contributed by atoms with Crippen molar-refractivity contribution in [3.8, 4) is 0 Å². The summed E-state index contributed by atoms with van der Waals surface area (Å²) in [5.74, 6) is 0.254. The number of unbranched alkanes of at least 4 members (excludes halogenated alkanes) is 3. The molecule has 0 unspecified atom stereocenters. The van der Waals surface area contributed by atoms with Crippen LogP contribution in [0, 0.1) is 5.41 Å². The molecule has 0 radical (unpaired) electrons. The van der Waals surface area contributed by atoms with Crippen LogP contribution in [0.3, 0.4) is 0 Å². The van der Waals surface area contributed by atoms with Crippen LogP contribution in [0.5, 0.6) is 0 Å². The van der Waals surface area contributed by atoms with E-state index in [1.54, 1.807) is 7.11 Å². The average molecular weight is 282 g/mol. The van der Waals surface area contributed by atoms with E-state index in [1.807, 2.05) is 18.0 Å². The first-order valence-electron chi connectivity index (χ1n) is 7.72. The van der Waals surface area contributed by atoms with Gasteiger partial charge in [0.2, 0.25) is 5.91 Å². The third-order valence-corrected chi connectivity index (χ3v) is 4.18. The van der Waals surface area contributed by atoms with Crippen molar-refractivity contribution in [3.05, 3.63) is 12.7 Å². The van der Waals surface area contributed by atoms with Crippen LogP contribution in [-0.2, 0) is 9.53 Å². The van der Waals surface area contributed by atoms with Gasteiger partial charge in [-0.05, 0) is 45.2 Å². The summed E-state index contributed by atoms with van der Waals surface area (Å²) >= 11 is 0. The van der Waals surface area contributed by atoms with Crippen molar-refractivity contribution >= 4 is 5.91 Å². The molecule has 1 amide bonds. The lowest BCUT2D eigenvalue weighted by Crippen LogP contribution is -2.50. The summed E-state index contributed by atoms with van der Waals surface area (Å²) in [7, 11) is 3.61. The minimum Gasteiger partial charge on any atom is -0.384 e. The van der Waals surface area contributed by atoms with Gasteiger partial charge < -0.3 is 15.0 Å². The molecule has 1 rings (SSSR count). The predicted molar refractivity (Wildman–Crippen MR) is 82.7 cm³/mol. The Kier molecular flexibility index (Phi) is 7.85. The fourth-order valence-electron chi connectivity index (χ4n) is 2.92. The molecule has 116 valence electrons. The molecule has 0 aliphatic carbocycles. The van der Waals surface area contributed by atoms with Gasteiger partial charge in [0.15, 0.2) is 0 Å². The van der Waals surface area contributed by atoms with Gasteiger partial charge in [-0.3, -0.25) is 4.79 Å². The van der Waals surface area contributed by atoms with Crippen molar-refractivity contribution in [2.24, 2.45) is 5.41 Å². The monoisotopic (exact) mass is 282 g/mol. The number of rotatable bonds is 9. The second-order valence-electron chi connectivity index (χ2n) is 5.83. The zero-order chi connectivity index (χ0) is 14.8. The second kappa shape index (κ2) is 9.14. The normalized spacial score (nSPS) is 17.7. The molecule has 0 aromatic carbocycles. The van der Waals surface area contributed by atoms with Crippen LogP contribution in [-0.4, -0.2) is 51.2 Å². The maximum absolute atomic E-state index is 12.7. The average Bonchev–Trinajstić information content (AvgIpc) is 2.47. The molecule has 1 aliphatic heterocycles. The highest BCUT2D eigenvalue weighted by Crippen LogP contribution is 2.31. The number of hydrogen-bond donors (Lipinski definition) is 1. The Morgan fingerprint density at radius 3 is 2.65 bits per heavy atom. The van der Waals surface area contributed by atoms with Gasteiger partial charge in [0, 0.05) is 20.7 Å². The van der Waals surface area contributed by atoms with Crippen molar-refractivity contribution in [2.75, 3.05) is 40.4 Å². The molecule has 1 fully saturated rings. The number of nitrogens with zero attached hydrogens (tertiary/aromatic N) is 1. The van der Waals surface area contributed by atoms with Crippen LogP contribution in [0.1, 0.15) is 38.5 Å². The summed E-state index contributed by atoms with van der Waals surface area (Å²) in [4.78, 5) is 14.6. The Bertz CT molecular complexity index is 293. The van der Waals surface area contributed by atoms with Crippen LogP contribution in [0.4, 0.5) is 0 Å². The number of methoxy groups -OCH3 is 1. The quantitative estimate of drug-likeness (QED) is 0.521. The summed E-state index contributed by atoms with van der Waals surface area (Å²) in [6.07, 6.45) is 8.16. The molecule has 1 saturated heterocycles. The van der Waals surface area contributed by atoms with Gasteiger partial charge in [0.05, 0.1) is 12.0 Å². The van der Waals surface area contributed by atoms with Gasteiger partial charge in [-0.15, -0.1) is 6.58 Å². The van der Waals surface area contributed by atoms with Crippen LogP contribution in [0.25, 0.3) is 0 Å². The minimum absolute atomic E-state index is 0.254. The Morgan fingerprint density at radius 1 is 1.35 bits per heavy atom. The fraction of sp³-hybridized carbons (Fsp3) is 0.812. The Balaban J connectivity index is 2.45.